The normalized spacial score (nSPS) is 14.2. The van der Waals surface area contributed by atoms with Crippen molar-refractivity contribution in [1.82, 2.24) is 0 Å². The van der Waals surface area contributed by atoms with Crippen molar-refractivity contribution in [1.29, 1.82) is 0 Å². The van der Waals surface area contributed by atoms with Gasteiger partial charge >= 0.3 is 0 Å². The van der Waals surface area contributed by atoms with Crippen molar-refractivity contribution < 1.29 is 14.3 Å². The summed E-state index contributed by atoms with van der Waals surface area (Å²) in [5, 5.41) is 2.82. The van der Waals surface area contributed by atoms with E-state index in [9.17, 15) is 9.59 Å². The first kappa shape index (κ1) is 15.8. The van der Waals surface area contributed by atoms with Crippen LogP contribution in [0.3, 0.4) is 0 Å². The number of nitrogens with one attached hydrogen (secondary N) is 1. The Morgan fingerprint density at radius 3 is 2.78 bits per heavy atom. The number of hydrogen-bond acceptors (Lipinski definition) is 4. The van der Waals surface area contributed by atoms with E-state index in [1.54, 1.807) is 42.3 Å². The zero-order valence-corrected chi connectivity index (χ0v) is 14.0. The third kappa shape index (κ3) is 3.33. The fraction of sp³-hybridized carbons (Fsp3) is 0.250. The molecule has 1 saturated heterocycles. The Kier molecular flexibility index (Phi) is 4.54. The summed E-state index contributed by atoms with van der Waals surface area (Å²) in [5.41, 5.74) is 1.28. The Labute approximate surface area is 142 Å². The molecule has 1 aromatic heterocycles. The standard InChI is InChI=1S/C16H15ClN2O3S/c1-22-12-5-4-10(9-11(12)19-8-2-3-15(19)20)18-16(21)13-6-7-14(17)23-13/h4-7,9H,2-3,8H2,1H3,(H,18,21). The van der Waals surface area contributed by atoms with Gasteiger partial charge in [0.15, 0.2) is 0 Å². The van der Waals surface area contributed by atoms with Crippen molar-refractivity contribution >= 4 is 46.1 Å². The molecule has 120 valence electrons. The molecule has 23 heavy (non-hydrogen) atoms. The van der Waals surface area contributed by atoms with Crippen molar-refractivity contribution in [2.75, 3.05) is 23.9 Å². The van der Waals surface area contributed by atoms with Crippen LogP contribution in [0.15, 0.2) is 30.3 Å². The van der Waals surface area contributed by atoms with Crippen molar-refractivity contribution in [3.05, 3.63) is 39.5 Å². The number of carbonyl (C=O) groups excluding carboxylic acids is 2. The van der Waals surface area contributed by atoms with E-state index in [4.69, 9.17) is 16.3 Å². The van der Waals surface area contributed by atoms with E-state index >= 15 is 0 Å². The summed E-state index contributed by atoms with van der Waals surface area (Å²) >= 11 is 7.07. The van der Waals surface area contributed by atoms with Crippen LogP contribution in [0.2, 0.25) is 4.34 Å². The largest absolute Gasteiger partial charge is 0.495 e. The van der Waals surface area contributed by atoms with Crippen molar-refractivity contribution in [2.24, 2.45) is 0 Å². The third-order valence-electron chi connectivity index (χ3n) is 3.60. The fourth-order valence-electron chi connectivity index (χ4n) is 2.51. The fourth-order valence-corrected chi connectivity index (χ4v) is 3.45. The highest BCUT2D eigenvalue weighted by molar-refractivity contribution is 7.18. The van der Waals surface area contributed by atoms with Gasteiger partial charge in [0.25, 0.3) is 5.91 Å². The molecule has 1 aliphatic rings. The Morgan fingerprint density at radius 2 is 2.17 bits per heavy atom. The van der Waals surface area contributed by atoms with E-state index in [0.717, 1.165) is 6.42 Å². The first-order valence-electron chi connectivity index (χ1n) is 7.13. The summed E-state index contributed by atoms with van der Waals surface area (Å²) < 4.78 is 5.90. The molecule has 0 spiro atoms. The van der Waals surface area contributed by atoms with Gasteiger partial charge in [-0.15, -0.1) is 11.3 Å². The lowest BCUT2D eigenvalue weighted by Gasteiger charge is -2.20. The average Bonchev–Trinajstić information content (AvgIpc) is 3.15. The molecule has 2 heterocycles. The number of thiophene rings is 1. The van der Waals surface area contributed by atoms with Gasteiger partial charge in [0, 0.05) is 18.7 Å². The lowest BCUT2D eigenvalue weighted by molar-refractivity contribution is -0.117. The molecule has 0 atom stereocenters. The molecule has 2 aromatic rings. The second-order valence-electron chi connectivity index (χ2n) is 5.09. The number of methoxy groups -OCH3 is 1. The Bertz CT molecular complexity index is 760. The van der Waals surface area contributed by atoms with E-state index in [0.29, 0.717) is 39.3 Å². The van der Waals surface area contributed by atoms with Crippen molar-refractivity contribution in [2.45, 2.75) is 12.8 Å². The quantitative estimate of drug-likeness (QED) is 0.912. The van der Waals surface area contributed by atoms with Gasteiger partial charge in [-0.1, -0.05) is 11.6 Å². The number of carbonyl (C=O) groups is 2. The van der Waals surface area contributed by atoms with E-state index < -0.39 is 0 Å². The predicted octanol–water partition coefficient (Wildman–Crippen LogP) is 3.79. The highest BCUT2D eigenvalue weighted by atomic mass is 35.5. The molecule has 1 fully saturated rings. The monoisotopic (exact) mass is 350 g/mol. The second kappa shape index (κ2) is 6.60. The van der Waals surface area contributed by atoms with Gasteiger partial charge in [-0.3, -0.25) is 9.59 Å². The molecule has 0 unspecified atom stereocenters. The summed E-state index contributed by atoms with van der Waals surface area (Å²) in [6.07, 6.45) is 1.36. The maximum Gasteiger partial charge on any atom is 0.265 e. The van der Waals surface area contributed by atoms with Crippen LogP contribution < -0.4 is 15.0 Å². The highest BCUT2D eigenvalue weighted by Crippen LogP contribution is 2.34. The highest BCUT2D eigenvalue weighted by Gasteiger charge is 2.25. The summed E-state index contributed by atoms with van der Waals surface area (Å²) in [5.74, 6) is 0.444. The van der Waals surface area contributed by atoms with Gasteiger partial charge in [-0.05, 0) is 36.8 Å². The number of amides is 2. The molecule has 1 aliphatic heterocycles. The smallest absolute Gasteiger partial charge is 0.265 e. The molecule has 1 N–H and O–H groups in total. The van der Waals surface area contributed by atoms with Crippen molar-refractivity contribution in [3.63, 3.8) is 0 Å². The Hall–Kier alpha value is -2.05. The zero-order valence-electron chi connectivity index (χ0n) is 12.5. The molecule has 2 amide bonds. The van der Waals surface area contributed by atoms with Crippen LogP contribution >= 0.6 is 22.9 Å². The van der Waals surface area contributed by atoms with E-state index in [1.165, 1.54) is 11.3 Å². The van der Waals surface area contributed by atoms with Gasteiger partial charge < -0.3 is 15.0 Å². The van der Waals surface area contributed by atoms with E-state index in [2.05, 4.69) is 5.32 Å². The van der Waals surface area contributed by atoms with Gasteiger partial charge in [-0.2, -0.15) is 0 Å². The lowest BCUT2D eigenvalue weighted by Crippen LogP contribution is -2.24. The molecule has 7 heteroatoms. The first-order chi connectivity index (χ1) is 11.1. The summed E-state index contributed by atoms with van der Waals surface area (Å²) in [4.78, 5) is 26.4. The number of rotatable bonds is 4. The van der Waals surface area contributed by atoms with Gasteiger partial charge in [-0.25, -0.2) is 0 Å². The molecule has 0 radical (unpaired) electrons. The lowest BCUT2D eigenvalue weighted by atomic mass is 10.2. The van der Waals surface area contributed by atoms with E-state index in [-0.39, 0.29) is 11.8 Å². The summed E-state index contributed by atoms with van der Waals surface area (Å²) in [6, 6.07) is 8.61. The zero-order chi connectivity index (χ0) is 16.4. The van der Waals surface area contributed by atoms with Crippen molar-refractivity contribution in [3.8, 4) is 5.75 Å². The number of hydrogen-bond donors (Lipinski definition) is 1. The van der Waals surface area contributed by atoms with Gasteiger partial charge in [0.2, 0.25) is 5.91 Å². The van der Waals surface area contributed by atoms with Crippen LogP contribution in [-0.4, -0.2) is 25.5 Å². The molecular formula is C16H15ClN2O3S. The van der Waals surface area contributed by atoms with Crippen LogP contribution in [0.25, 0.3) is 0 Å². The number of halogens is 1. The number of ether oxygens (including phenoxy) is 1. The number of anilines is 2. The molecule has 0 aliphatic carbocycles. The van der Waals surface area contributed by atoms with Crippen LogP contribution in [0.1, 0.15) is 22.5 Å². The SMILES string of the molecule is COc1ccc(NC(=O)c2ccc(Cl)s2)cc1N1CCCC1=O. The summed E-state index contributed by atoms with van der Waals surface area (Å²) in [6.45, 7) is 0.660. The average molecular weight is 351 g/mol. The number of nitrogens with zero attached hydrogens (tertiary/aromatic N) is 1. The molecular weight excluding hydrogens is 336 g/mol. The Morgan fingerprint density at radius 1 is 1.35 bits per heavy atom. The molecule has 1 aromatic carbocycles. The van der Waals surface area contributed by atoms with Crippen LogP contribution in [-0.2, 0) is 4.79 Å². The Balaban J connectivity index is 1.85. The maximum absolute atomic E-state index is 12.2. The minimum absolute atomic E-state index is 0.0665. The molecule has 5 nitrogen and oxygen atoms in total. The van der Waals surface area contributed by atoms with Gasteiger partial charge in [0.05, 0.1) is 22.0 Å². The predicted molar refractivity (Wildman–Crippen MR) is 91.9 cm³/mol. The minimum atomic E-state index is -0.231. The van der Waals surface area contributed by atoms with Crippen LogP contribution in [0.5, 0.6) is 5.75 Å². The van der Waals surface area contributed by atoms with Crippen LogP contribution in [0, 0.1) is 0 Å². The van der Waals surface area contributed by atoms with E-state index in [1.807, 2.05) is 0 Å². The number of benzene rings is 1. The molecule has 3 rings (SSSR count). The second-order valence-corrected chi connectivity index (χ2v) is 6.81. The molecule has 0 saturated carbocycles. The molecule has 0 bridgehead atoms. The van der Waals surface area contributed by atoms with Gasteiger partial charge in [0.1, 0.15) is 5.75 Å². The summed E-state index contributed by atoms with van der Waals surface area (Å²) in [7, 11) is 1.56. The maximum atomic E-state index is 12.2. The third-order valence-corrected chi connectivity index (χ3v) is 4.83. The minimum Gasteiger partial charge on any atom is -0.495 e. The van der Waals surface area contributed by atoms with Crippen LogP contribution in [0.4, 0.5) is 11.4 Å². The first-order valence-corrected chi connectivity index (χ1v) is 8.33. The topological polar surface area (TPSA) is 58.6 Å².